The van der Waals surface area contributed by atoms with Crippen molar-refractivity contribution in [2.45, 2.75) is 25.8 Å². The lowest BCUT2D eigenvalue weighted by Gasteiger charge is -2.15. The Hall–Kier alpha value is -3.79. The molecule has 0 radical (unpaired) electrons. The Bertz CT molecular complexity index is 1010. The van der Waals surface area contributed by atoms with E-state index in [4.69, 9.17) is 14.7 Å². The summed E-state index contributed by atoms with van der Waals surface area (Å²) in [5.74, 6) is 1.03. The number of hydrogen-bond donors (Lipinski definition) is 1. The zero-order chi connectivity index (χ0) is 21.3. The first-order chi connectivity index (χ1) is 14.6. The van der Waals surface area contributed by atoms with Crippen LogP contribution in [0.3, 0.4) is 0 Å². The van der Waals surface area contributed by atoms with Gasteiger partial charge in [0.15, 0.2) is 11.5 Å². The van der Waals surface area contributed by atoms with E-state index in [9.17, 15) is 4.79 Å². The van der Waals surface area contributed by atoms with E-state index in [1.165, 1.54) is 7.11 Å². The van der Waals surface area contributed by atoms with Gasteiger partial charge in [0.05, 0.1) is 37.7 Å². The summed E-state index contributed by atoms with van der Waals surface area (Å²) in [6.45, 7) is 2.34. The van der Waals surface area contributed by atoms with Gasteiger partial charge in [0.1, 0.15) is 0 Å². The van der Waals surface area contributed by atoms with Gasteiger partial charge in [-0.25, -0.2) is 4.98 Å². The van der Waals surface area contributed by atoms with Crippen LogP contribution in [0.25, 0.3) is 5.69 Å². The molecule has 0 aliphatic carbocycles. The van der Waals surface area contributed by atoms with Crippen molar-refractivity contribution in [1.82, 2.24) is 14.9 Å². The largest absolute Gasteiger partial charge is 0.493 e. The lowest BCUT2D eigenvalue weighted by molar-refractivity contribution is -0.121. The van der Waals surface area contributed by atoms with E-state index in [2.05, 4.69) is 16.4 Å². The summed E-state index contributed by atoms with van der Waals surface area (Å²) in [5.41, 5.74) is 2.56. The number of benzene rings is 2. The van der Waals surface area contributed by atoms with Crippen molar-refractivity contribution in [2.24, 2.45) is 0 Å². The van der Waals surface area contributed by atoms with Crippen molar-refractivity contribution in [3.63, 3.8) is 0 Å². The van der Waals surface area contributed by atoms with Crippen LogP contribution < -0.4 is 14.8 Å². The number of hydrogen-bond acceptors (Lipinski definition) is 5. The molecule has 0 bridgehead atoms. The Labute approximate surface area is 175 Å². The number of carbonyl (C=O) groups excluding carboxylic acids is 1. The number of rotatable bonds is 9. The molecule has 3 rings (SSSR count). The van der Waals surface area contributed by atoms with Crippen molar-refractivity contribution in [3.8, 4) is 23.3 Å². The van der Waals surface area contributed by atoms with Gasteiger partial charge in [0, 0.05) is 30.6 Å². The number of carbonyl (C=O) groups is 1. The zero-order valence-corrected chi connectivity index (χ0v) is 17.0. The number of imidazole rings is 1. The predicted molar refractivity (Wildman–Crippen MR) is 113 cm³/mol. The van der Waals surface area contributed by atoms with E-state index in [1.807, 2.05) is 42.0 Å². The maximum Gasteiger partial charge on any atom is 0.220 e. The predicted octanol–water partition coefficient (Wildman–Crippen LogP) is 3.79. The van der Waals surface area contributed by atoms with Crippen LogP contribution in [0.5, 0.6) is 11.5 Å². The second-order valence-electron chi connectivity index (χ2n) is 6.78. The maximum atomic E-state index is 12.3. The minimum absolute atomic E-state index is 0.0309. The van der Waals surface area contributed by atoms with Crippen LogP contribution >= 0.6 is 0 Å². The van der Waals surface area contributed by atoms with Crippen LogP contribution in [0.15, 0.2) is 61.2 Å². The Morgan fingerprint density at radius 2 is 2.03 bits per heavy atom. The molecule has 30 heavy (non-hydrogen) atoms. The highest BCUT2D eigenvalue weighted by Gasteiger charge is 2.11. The van der Waals surface area contributed by atoms with E-state index < -0.39 is 0 Å². The summed E-state index contributed by atoms with van der Waals surface area (Å²) < 4.78 is 12.9. The summed E-state index contributed by atoms with van der Waals surface area (Å²) in [7, 11) is 1.53. The highest BCUT2D eigenvalue weighted by molar-refractivity contribution is 5.76. The summed E-state index contributed by atoms with van der Waals surface area (Å²) in [6, 6.07) is 15.0. The lowest BCUT2D eigenvalue weighted by atomic mass is 10.1. The Morgan fingerprint density at radius 3 is 2.70 bits per heavy atom. The van der Waals surface area contributed by atoms with Gasteiger partial charge in [-0.3, -0.25) is 4.79 Å². The molecule has 0 aliphatic rings. The summed E-state index contributed by atoms with van der Waals surface area (Å²) in [4.78, 5) is 16.3. The number of nitrogens with zero attached hydrogens (tertiary/aromatic N) is 3. The molecular formula is C23H24N4O3. The first-order valence-corrected chi connectivity index (χ1v) is 9.69. The summed E-state index contributed by atoms with van der Waals surface area (Å²) in [5, 5.41) is 12.0. The van der Waals surface area contributed by atoms with Crippen LogP contribution in [0.1, 0.15) is 36.9 Å². The van der Waals surface area contributed by atoms with Gasteiger partial charge in [-0.05, 0) is 43.2 Å². The quantitative estimate of drug-likeness (QED) is 0.548. The molecule has 1 amide bonds. The summed E-state index contributed by atoms with van der Waals surface area (Å²) >= 11 is 0. The number of ether oxygens (including phenoxy) is 2. The molecule has 1 heterocycles. The first-order valence-electron chi connectivity index (χ1n) is 9.69. The molecule has 7 nitrogen and oxygen atoms in total. The van der Waals surface area contributed by atoms with E-state index in [-0.39, 0.29) is 11.9 Å². The molecule has 0 saturated carbocycles. The molecule has 3 aromatic rings. The number of amides is 1. The minimum atomic E-state index is -0.0890. The highest BCUT2D eigenvalue weighted by Crippen LogP contribution is 2.28. The fourth-order valence-corrected chi connectivity index (χ4v) is 3.02. The number of nitriles is 1. The average Bonchev–Trinajstić information content (AvgIpc) is 3.31. The van der Waals surface area contributed by atoms with Crippen molar-refractivity contribution in [3.05, 3.63) is 72.3 Å². The molecule has 0 aliphatic heterocycles. The molecule has 2 aromatic carbocycles. The van der Waals surface area contributed by atoms with Gasteiger partial charge in [0.25, 0.3) is 0 Å². The average molecular weight is 404 g/mol. The molecule has 0 spiro atoms. The van der Waals surface area contributed by atoms with Crippen LogP contribution in [0, 0.1) is 11.3 Å². The fraction of sp³-hybridized carbons (Fsp3) is 0.261. The third-order valence-corrected chi connectivity index (χ3v) is 4.67. The molecule has 7 heteroatoms. The highest BCUT2D eigenvalue weighted by atomic mass is 16.5. The molecule has 1 atom stereocenters. The lowest BCUT2D eigenvalue weighted by Crippen LogP contribution is -2.26. The molecule has 0 saturated heterocycles. The zero-order valence-electron chi connectivity index (χ0n) is 17.0. The third kappa shape index (κ3) is 5.39. The van der Waals surface area contributed by atoms with E-state index >= 15 is 0 Å². The van der Waals surface area contributed by atoms with Crippen LogP contribution in [0.4, 0.5) is 0 Å². The monoisotopic (exact) mass is 404 g/mol. The van der Waals surface area contributed by atoms with Gasteiger partial charge in [-0.15, -0.1) is 0 Å². The Balaban J connectivity index is 1.44. The topological polar surface area (TPSA) is 89.2 Å². The second-order valence-corrected chi connectivity index (χ2v) is 6.78. The molecular weight excluding hydrogens is 380 g/mol. The normalized spacial score (nSPS) is 11.4. The Kier molecular flexibility index (Phi) is 7.06. The van der Waals surface area contributed by atoms with Gasteiger partial charge in [-0.1, -0.05) is 12.1 Å². The first kappa shape index (κ1) is 20.9. The number of aromatic nitrogens is 2. The van der Waals surface area contributed by atoms with Crippen molar-refractivity contribution in [2.75, 3.05) is 13.7 Å². The van der Waals surface area contributed by atoms with Crippen molar-refractivity contribution < 1.29 is 14.3 Å². The number of nitrogens with one attached hydrogen (secondary N) is 1. The van der Waals surface area contributed by atoms with Gasteiger partial charge in [0.2, 0.25) is 5.91 Å². The number of methoxy groups -OCH3 is 1. The third-order valence-electron chi connectivity index (χ3n) is 4.67. The summed E-state index contributed by atoms with van der Waals surface area (Å²) in [6.07, 6.45) is 6.29. The van der Waals surface area contributed by atoms with Gasteiger partial charge >= 0.3 is 0 Å². The molecule has 1 N–H and O–H groups in total. The standard InChI is InChI=1S/C23H24N4O3/c1-17(19-6-8-20(9-7-19)27-12-11-25-16-27)26-23(28)4-3-13-30-21-10-5-18(15-24)14-22(21)29-2/h5-12,14,16-17H,3-4,13H2,1-2H3,(H,26,28). The van der Waals surface area contributed by atoms with Crippen molar-refractivity contribution in [1.29, 1.82) is 5.26 Å². The molecule has 1 aromatic heterocycles. The molecule has 154 valence electrons. The minimum Gasteiger partial charge on any atom is -0.493 e. The maximum absolute atomic E-state index is 12.3. The smallest absolute Gasteiger partial charge is 0.220 e. The van der Waals surface area contributed by atoms with E-state index in [0.29, 0.717) is 36.5 Å². The van der Waals surface area contributed by atoms with Crippen LogP contribution in [0.2, 0.25) is 0 Å². The van der Waals surface area contributed by atoms with Gasteiger partial charge < -0.3 is 19.4 Å². The Morgan fingerprint density at radius 1 is 1.23 bits per heavy atom. The van der Waals surface area contributed by atoms with E-state index in [0.717, 1.165) is 11.3 Å². The molecule has 1 unspecified atom stereocenters. The molecule has 0 fully saturated rings. The van der Waals surface area contributed by atoms with Gasteiger partial charge in [-0.2, -0.15) is 5.26 Å². The van der Waals surface area contributed by atoms with Crippen molar-refractivity contribution >= 4 is 5.91 Å². The second kappa shape index (κ2) is 10.1. The fourth-order valence-electron chi connectivity index (χ4n) is 3.02. The van der Waals surface area contributed by atoms with Crippen LogP contribution in [-0.2, 0) is 4.79 Å². The SMILES string of the molecule is COc1cc(C#N)ccc1OCCCC(=O)NC(C)c1ccc(-n2ccnc2)cc1. The van der Waals surface area contributed by atoms with E-state index in [1.54, 1.807) is 30.7 Å². The van der Waals surface area contributed by atoms with Crippen LogP contribution in [-0.4, -0.2) is 29.2 Å².